The standard InChI is InChI=1S/C28H25N5O3S/c1-18(34)30-20-11-13-21(14-12-20)33-26(25(31-28(33)37)23-9-3-4-15-29-23)24-10-6-16-32(24)22-8-5-7-19(17-22)27(35)36-2/h3-17,25-26H,1-2H3,(H,30,34)(H,31,37)/t25-,26+/m0/s1. The molecule has 2 atom stereocenters. The molecule has 1 fully saturated rings. The fourth-order valence-electron chi connectivity index (χ4n) is 4.61. The number of hydrogen-bond acceptors (Lipinski definition) is 5. The number of hydrogen-bond donors (Lipinski definition) is 2. The Morgan fingerprint density at radius 2 is 1.81 bits per heavy atom. The smallest absolute Gasteiger partial charge is 0.337 e. The summed E-state index contributed by atoms with van der Waals surface area (Å²) in [6, 6.07) is 24.2. The number of esters is 1. The van der Waals surface area contributed by atoms with Crippen molar-refractivity contribution in [3.8, 4) is 5.69 Å². The molecule has 186 valence electrons. The van der Waals surface area contributed by atoms with Crippen molar-refractivity contribution in [1.29, 1.82) is 0 Å². The maximum atomic E-state index is 12.2. The first-order chi connectivity index (χ1) is 18.0. The van der Waals surface area contributed by atoms with Gasteiger partial charge in [0, 0.05) is 42.1 Å². The highest BCUT2D eigenvalue weighted by molar-refractivity contribution is 7.80. The van der Waals surface area contributed by atoms with Gasteiger partial charge in [0.15, 0.2) is 5.11 Å². The molecule has 1 aliphatic heterocycles. The monoisotopic (exact) mass is 511 g/mol. The van der Waals surface area contributed by atoms with E-state index in [1.54, 1.807) is 18.3 Å². The lowest BCUT2D eigenvalue weighted by Gasteiger charge is -2.29. The van der Waals surface area contributed by atoms with E-state index in [-0.39, 0.29) is 18.0 Å². The second kappa shape index (κ2) is 10.2. The molecular formula is C28H25N5O3S. The maximum Gasteiger partial charge on any atom is 0.337 e. The van der Waals surface area contributed by atoms with E-state index in [0.717, 1.165) is 22.8 Å². The highest BCUT2D eigenvalue weighted by Gasteiger charge is 2.42. The Bertz CT molecular complexity index is 1450. The van der Waals surface area contributed by atoms with E-state index >= 15 is 0 Å². The Balaban J connectivity index is 1.61. The Morgan fingerprint density at radius 3 is 2.51 bits per heavy atom. The van der Waals surface area contributed by atoms with Gasteiger partial charge in [-0.2, -0.15) is 0 Å². The molecule has 2 aromatic carbocycles. The third-order valence-electron chi connectivity index (χ3n) is 6.19. The predicted octanol–water partition coefficient (Wildman–Crippen LogP) is 4.79. The van der Waals surface area contributed by atoms with Gasteiger partial charge >= 0.3 is 5.97 Å². The highest BCUT2D eigenvalue weighted by Crippen LogP contribution is 2.42. The lowest BCUT2D eigenvalue weighted by atomic mass is 10.0. The number of amides is 1. The Labute approximate surface area is 219 Å². The normalized spacial score (nSPS) is 16.8. The van der Waals surface area contributed by atoms with Crippen molar-refractivity contribution in [3.05, 3.63) is 108 Å². The van der Waals surface area contributed by atoms with Crippen molar-refractivity contribution >= 4 is 40.6 Å². The Hall–Kier alpha value is -4.50. The minimum Gasteiger partial charge on any atom is -0.465 e. The number of benzene rings is 2. The Morgan fingerprint density at radius 1 is 1.00 bits per heavy atom. The molecule has 9 heteroatoms. The molecule has 8 nitrogen and oxygen atoms in total. The number of nitrogens with one attached hydrogen (secondary N) is 2. The van der Waals surface area contributed by atoms with E-state index in [0.29, 0.717) is 16.4 Å². The lowest BCUT2D eigenvalue weighted by molar-refractivity contribution is -0.114. The van der Waals surface area contributed by atoms with E-state index in [1.807, 2.05) is 77.5 Å². The van der Waals surface area contributed by atoms with Gasteiger partial charge in [-0.25, -0.2) is 4.79 Å². The van der Waals surface area contributed by atoms with Crippen LogP contribution in [0.4, 0.5) is 11.4 Å². The average Bonchev–Trinajstić information content (AvgIpc) is 3.53. The average molecular weight is 512 g/mol. The zero-order chi connectivity index (χ0) is 25.9. The van der Waals surface area contributed by atoms with Crippen LogP contribution in [0, 0.1) is 0 Å². The quantitative estimate of drug-likeness (QED) is 0.284. The van der Waals surface area contributed by atoms with E-state index in [2.05, 4.69) is 20.5 Å². The van der Waals surface area contributed by atoms with Gasteiger partial charge in [-0.3, -0.25) is 9.78 Å². The summed E-state index contributed by atoms with van der Waals surface area (Å²) in [6.45, 7) is 1.48. The van der Waals surface area contributed by atoms with Crippen molar-refractivity contribution in [3.63, 3.8) is 0 Å². The molecular weight excluding hydrogens is 486 g/mol. The van der Waals surface area contributed by atoms with Crippen LogP contribution >= 0.6 is 12.2 Å². The van der Waals surface area contributed by atoms with E-state index in [1.165, 1.54) is 14.0 Å². The Kier molecular flexibility index (Phi) is 6.70. The van der Waals surface area contributed by atoms with Gasteiger partial charge in [0.1, 0.15) is 6.04 Å². The van der Waals surface area contributed by atoms with Crippen LogP contribution in [-0.2, 0) is 9.53 Å². The second-order valence-corrected chi connectivity index (χ2v) is 8.96. The predicted molar refractivity (Wildman–Crippen MR) is 146 cm³/mol. The summed E-state index contributed by atoms with van der Waals surface area (Å²) < 4.78 is 6.96. The van der Waals surface area contributed by atoms with Crippen LogP contribution in [0.2, 0.25) is 0 Å². The minimum atomic E-state index is -0.397. The van der Waals surface area contributed by atoms with Crippen molar-refractivity contribution in [2.45, 2.75) is 19.0 Å². The van der Waals surface area contributed by atoms with Crippen molar-refractivity contribution < 1.29 is 14.3 Å². The molecule has 37 heavy (non-hydrogen) atoms. The summed E-state index contributed by atoms with van der Waals surface area (Å²) in [5, 5.41) is 6.82. The number of carbonyl (C=O) groups is 2. The van der Waals surface area contributed by atoms with Crippen LogP contribution in [0.3, 0.4) is 0 Å². The van der Waals surface area contributed by atoms with Gasteiger partial charge in [-0.15, -0.1) is 0 Å². The fourth-order valence-corrected chi connectivity index (χ4v) is 4.96. The summed E-state index contributed by atoms with van der Waals surface area (Å²) in [5.74, 6) is -0.530. The number of aromatic nitrogens is 2. The van der Waals surface area contributed by atoms with Gasteiger partial charge in [-0.05, 0) is 78.9 Å². The molecule has 2 N–H and O–H groups in total. The highest BCUT2D eigenvalue weighted by atomic mass is 32.1. The zero-order valence-corrected chi connectivity index (χ0v) is 21.1. The largest absolute Gasteiger partial charge is 0.465 e. The molecule has 0 unspecified atom stereocenters. The van der Waals surface area contributed by atoms with Crippen LogP contribution in [0.15, 0.2) is 91.3 Å². The van der Waals surface area contributed by atoms with Crippen molar-refractivity contribution in [1.82, 2.24) is 14.9 Å². The van der Waals surface area contributed by atoms with Gasteiger partial charge in [0.25, 0.3) is 0 Å². The number of nitrogens with zero attached hydrogens (tertiary/aromatic N) is 3. The first kappa shape index (κ1) is 24.2. The summed E-state index contributed by atoms with van der Waals surface area (Å²) in [7, 11) is 1.37. The van der Waals surface area contributed by atoms with Gasteiger partial charge in [0.05, 0.1) is 24.4 Å². The second-order valence-electron chi connectivity index (χ2n) is 8.57. The van der Waals surface area contributed by atoms with Gasteiger partial charge < -0.3 is 24.8 Å². The third kappa shape index (κ3) is 4.81. The molecule has 1 amide bonds. The van der Waals surface area contributed by atoms with E-state index < -0.39 is 5.97 Å². The van der Waals surface area contributed by atoms with Gasteiger partial charge in [-0.1, -0.05) is 12.1 Å². The molecule has 3 heterocycles. The maximum absolute atomic E-state index is 12.2. The SMILES string of the molecule is COC(=O)c1cccc(-n2cccc2[C@@H]2[C@H](c3ccccn3)NC(=S)N2c2ccc(NC(C)=O)cc2)c1. The molecule has 0 aliphatic carbocycles. The molecule has 2 aromatic heterocycles. The first-order valence-electron chi connectivity index (χ1n) is 11.7. The minimum absolute atomic E-state index is 0.133. The van der Waals surface area contributed by atoms with Crippen LogP contribution in [0.25, 0.3) is 5.69 Å². The number of thiocarbonyl (C=S) groups is 1. The molecule has 0 saturated carbocycles. The summed E-state index contributed by atoms with van der Waals surface area (Å²) >= 11 is 5.83. The first-order valence-corrected chi connectivity index (χ1v) is 12.1. The molecule has 0 bridgehead atoms. The molecule has 0 radical (unpaired) electrons. The number of rotatable bonds is 6. The molecule has 1 aliphatic rings. The van der Waals surface area contributed by atoms with Crippen LogP contribution in [0.5, 0.6) is 0 Å². The van der Waals surface area contributed by atoms with Crippen molar-refractivity contribution in [2.24, 2.45) is 0 Å². The van der Waals surface area contributed by atoms with Crippen LogP contribution in [0.1, 0.15) is 40.8 Å². The number of anilines is 2. The topological polar surface area (TPSA) is 88.5 Å². The number of pyridine rings is 1. The summed E-state index contributed by atoms with van der Waals surface area (Å²) in [6.07, 6.45) is 3.72. The van der Waals surface area contributed by atoms with E-state index in [9.17, 15) is 9.59 Å². The molecule has 1 saturated heterocycles. The van der Waals surface area contributed by atoms with Crippen LogP contribution < -0.4 is 15.5 Å². The van der Waals surface area contributed by atoms with Gasteiger partial charge in [0.2, 0.25) is 5.91 Å². The number of ether oxygens (including phenoxy) is 1. The van der Waals surface area contributed by atoms with E-state index in [4.69, 9.17) is 17.0 Å². The summed E-state index contributed by atoms with van der Waals surface area (Å²) in [4.78, 5) is 30.3. The number of carbonyl (C=O) groups excluding carboxylic acids is 2. The third-order valence-corrected chi connectivity index (χ3v) is 6.51. The lowest BCUT2D eigenvalue weighted by Crippen LogP contribution is -2.30. The molecule has 4 aromatic rings. The number of methoxy groups -OCH3 is 1. The zero-order valence-electron chi connectivity index (χ0n) is 20.3. The molecule has 5 rings (SSSR count). The fraction of sp³-hybridized carbons (Fsp3) is 0.143. The van der Waals surface area contributed by atoms with Crippen molar-refractivity contribution in [2.75, 3.05) is 17.3 Å². The molecule has 0 spiro atoms. The summed E-state index contributed by atoms with van der Waals surface area (Å²) in [5.41, 5.74) is 4.66. The van der Waals surface area contributed by atoms with Crippen LogP contribution in [-0.4, -0.2) is 33.6 Å².